The molecule has 0 saturated heterocycles. The number of fused-ring (bicyclic) bond motifs is 1. The third-order valence-electron chi connectivity index (χ3n) is 3.20. The molecular weight excluding hydrogens is 339 g/mol. The van der Waals surface area contributed by atoms with Crippen LogP contribution < -0.4 is 20.1 Å². The van der Waals surface area contributed by atoms with Crippen molar-refractivity contribution in [1.29, 1.82) is 0 Å². The average Bonchev–Trinajstić information content (AvgIpc) is 2.56. The standard InChI is InChI=1S/C16H14Cl2N2O3/c17-10-1-3-12(18)13(7-10)20-16(21)9-19-11-2-4-14-15(8-11)23-6-5-22-14/h1-4,7-8,19H,5-6,9H2,(H,20,21). The molecule has 0 radical (unpaired) electrons. The van der Waals surface area contributed by atoms with Crippen LogP contribution >= 0.6 is 23.2 Å². The molecule has 0 aromatic heterocycles. The zero-order valence-corrected chi connectivity index (χ0v) is 13.6. The summed E-state index contributed by atoms with van der Waals surface area (Å²) in [5.74, 6) is 1.14. The second-order valence-electron chi connectivity index (χ2n) is 4.88. The zero-order valence-electron chi connectivity index (χ0n) is 12.1. The fourth-order valence-corrected chi connectivity index (χ4v) is 2.46. The Labute approximate surface area is 143 Å². The van der Waals surface area contributed by atoms with Crippen molar-refractivity contribution in [1.82, 2.24) is 0 Å². The molecule has 0 spiro atoms. The Balaban J connectivity index is 1.59. The van der Waals surface area contributed by atoms with Gasteiger partial charge in [-0.1, -0.05) is 23.2 Å². The van der Waals surface area contributed by atoms with E-state index in [1.165, 1.54) is 0 Å². The summed E-state index contributed by atoms with van der Waals surface area (Å²) in [6, 6.07) is 10.3. The monoisotopic (exact) mass is 352 g/mol. The summed E-state index contributed by atoms with van der Waals surface area (Å²) >= 11 is 11.9. The Morgan fingerprint density at radius 1 is 1.04 bits per heavy atom. The highest BCUT2D eigenvalue weighted by Crippen LogP contribution is 2.32. The third-order valence-corrected chi connectivity index (χ3v) is 3.76. The minimum atomic E-state index is -0.232. The van der Waals surface area contributed by atoms with Gasteiger partial charge in [0.2, 0.25) is 5.91 Å². The van der Waals surface area contributed by atoms with Crippen LogP contribution in [0.5, 0.6) is 11.5 Å². The van der Waals surface area contributed by atoms with Crippen LogP contribution in [0.4, 0.5) is 11.4 Å². The van der Waals surface area contributed by atoms with Crippen LogP contribution in [0, 0.1) is 0 Å². The average molecular weight is 353 g/mol. The van der Waals surface area contributed by atoms with E-state index >= 15 is 0 Å². The first-order valence-electron chi connectivity index (χ1n) is 7.00. The van der Waals surface area contributed by atoms with E-state index in [9.17, 15) is 4.79 Å². The van der Waals surface area contributed by atoms with Crippen molar-refractivity contribution in [2.24, 2.45) is 0 Å². The molecule has 0 aliphatic carbocycles. The number of amides is 1. The van der Waals surface area contributed by atoms with Crippen molar-refractivity contribution in [3.05, 3.63) is 46.4 Å². The fraction of sp³-hybridized carbons (Fsp3) is 0.188. The van der Waals surface area contributed by atoms with E-state index in [0.29, 0.717) is 40.4 Å². The molecular formula is C16H14Cl2N2O3. The first-order chi connectivity index (χ1) is 11.1. The summed E-state index contributed by atoms with van der Waals surface area (Å²) in [6.07, 6.45) is 0. The maximum absolute atomic E-state index is 12.0. The summed E-state index contributed by atoms with van der Waals surface area (Å²) < 4.78 is 10.9. The van der Waals surface area contributed by atoms with Gasteiger partial charge in [-0.3, -0.25) is 4.79 Å². The number of carbonyl (C=O) groups excluding carboxylic acids is 1. The lowest BCUT2D eigenvalue weighted by Crippen LogP contribution is -2.22. The number of hydrogen-bond donors (Lipinski definition) is 2. The van der Waals surface area contributed by atoms with Crippen LogP contribution in [-0.2, 0) is 4.79 Å². The zero-order chi connectivity index (χ0) is 16.2. The Morgan fingerprint density at radius 2 is 1.83 bits per heavy atom. The van der Waals surface area contributed by atoms with Gasteiger partial charge in [0.05, 0.1) is 17.3 Å². The van der Waals surface area contributed by atoms with Gasteiger partial charge in [-0.2, -0.15) is 0 Å². The summed E-state index contributed by atoms with van der Waals surface area (Å²) in [6.45, 7) is 1.15. The van der Waals surface area contributed by atoms with E-state index in [-0.39, 0.29) is 12.5 Å². The molecule has 2 N–H and O–H groups in total. The molecule has 120 valence electrons. The van der Waals surface area contributed by atoms with Crippen molar-refractivity contribution < 1.29 is 14.3 Å². The Morgan fingerprint density at radius 3 is 2.65 bits per heavy atom. The molecule has 1 heterocycles. The van der Waals surface area contributed by atoms with Crippen LogP contribution in [0.25, 0.3) is 0 Å². The van der Waals surface area contributed by atoms with Gasteiger partial charge in [-0.15, -0.1) is 0 Å². The summed E-state index contributed by atoms with van der Waals surface area (Å²) in [4.78, 5) is 12.0. The maximum Gasteiger partial charge on any atom is 0.243 e. The quantitative estimate of drug-likeness (QED) is 0.878. The van der Waals surface area contributed by atoms with Crippen molar-refractivity contribution in [3.8, 4) is 11.5 Å². The van der Waals surface area contributed by atoms with Crippen molar-refractivity contribution in [3.63, 3.8) is 0 Å². The molecule has 0 unspecified atom stereocenters. The molecule has 1 amide bonds. The second-order valence-corrected chi connectivity index (χ2v) is 5.73. The Bertz CT molecular complexity index is 737. The van der Waals surface area contributed by atoms with Gasteiger partial charge in [0, 0.05) is 16.8 Å². The lowest BCUT2D eigenvalue weighted by molar-refractivity contribution is -0.114. The van der Waals surface area contributed by atoms with Gasteiger partial charge < -0.3 is 20.1 Å². The molecule has 0 saturated carbocycles. The van der Waals surface area contributed by atoms with E-state index in [1.54, 1.807) is 24.3 Å². The van der Waals surface area contributed by atoms with Gasteiger partial charge in [-0.05, 0) is 30.3 Å². The lowest BCUT2D eigenvalue weighted by Gasteiger charge is -2.19. The molecule has 1 aliphatic heterocycles. The fourth-order valence-electron chi connectivity index (χ4n) is 2.12. The predicted octanol–water partition coefficient (Wildman–Crippen LogP) is 3.82. The molecule has 7 heteroatoms. The van der Waals surface area contributed by atoms with Gasteiger partial charge in [-0.25, -0.2) is 0 Å². The SMILES string of the molecule is O=C(CNc1ccc2c(c1)OCCO2)Nc1cc(Cl)ccc1Cl. The van der Waals surface area contributed by atoms with Crippen molar-refractivity contribution in [2.75, 3.05) is 30.4 Å². The van der Waals surface area contributed by atoms with Gasteiger partial charge >= 0.3 is 0 Å². The molecule has 5 nitrogen and oxygen atoms in total. The summed E-state index contributed by atoms with van der Waals surface area (Å²) in [7, 11) is 0. The second kappa shape index (κ2) is 6.98. The normalized spacial score (nSPS) is 12.6. The lowest BCUT2D eigenvalue weighted by atomic mass is 10.2. The molecule has 0 bridgehead atoms. The van der Waals surface area contributed by atoms with Gasteiger partial charge in [0.15, 0.2) is 11.5 Å². The number of ether oxygens (including phenoxy) is 2. The minimum Gasteiger partial charge on any atom is -0.486 e. The van der Waals surface area contributed by atoms with Crippen molar-refractivity contribution >= 4 is 40.5 Å². The highest BCUT2D eigenvalue weighted by molar-refractivity contribution is 6.35. The number of hydrogen-bond acceptors (Lipinski definition) is 4. The van der Waals surface area contributed by atoms with E-state index in [4.69, 9.17) is 32.7 Å². The molecule has 2 aromatic rings. The van der Waals surface area contributed by atoms with E-state index in [0.717, 1.165) is 5.69 Å². The number of rotatable bonds is 4. The first kappa shape index (κ1) is 15.8. The Hall–Kier alpha value is -2.11. The van der Waals surface area contributed by atoms with Crippen LogP contribution in [0.1, 0.15) is 0 Å². The van der Waals surface area contributed by atoms with Crippen LogP contribution in [0.2, 0.25) is 10.0 Å². The van der Waals surface area contributed by atoms with Crippen LogP contribution in [0.3, 0.4) is 0 Å². The number of anilines is 2. The molecule has 23 heavy (non-hydrogen) atoms. The summed E-state index contributed by atoms with van der Waals surface area (Å²) in [5, 5.41) is 6.67. The van der Waals surface area contributed by atoms with Crippen LogP contribution in [0.15, 0.2) is 36.4 Å². The largest absolute Gasteiger partial charge is 0.486 e. The predicted molar refractivity (Wildman–Crippen MR) is 91.0 cm³/mol. The van der Waals surface area contributed by atoms with E-state index in [2.05, 4.69) is 10.6 Å². The highest BCUT2D eigenvalue weighted by Gasteiger charge is 2.12. The molecule has 1 aliphatic rings. The molecule has 0 atom stereocenters. The Kier molecular flexibility index (Phi) is 4.79. The molecule has 3 rings (SSSR count). The third kappa shape index (κ3) is 4.00. The van der Waals surface area contributed by atoms with Gasteiger partial charge in [0.1, 0.15) is 13.2 Å². The van der Waals surface area contributed by atoms with E-state index < -0.39 is 0 Å². The van der Waals surface area contributed by atoms with E-state index in [1.807, 2.05) is 12.1 Å². The molecule has 0 fully saturated rings. The smallest absolute Gasteiger partial charge is 0.243 e. The van der Waals surface area contributed by atoms with Crippen LogP contribution in [-0.4, -0.2) is 25.7 Å². The number of nitrogens with one attached hydrogen (secondary N) is 2. The highest BCUT2D eigenvalue weighted by atomic mass is 35.5. The summed E-state index contributed by atoms with van der Waals surface area (Å²) in [5.41, 5.74) is 1.25. The number of halogens is 2. The van der Waals surface area contributed by atoms with Gasteiger partial charge in [0.25, 0.3) is 0 Å². The number of benzene rings is 2. The van der Waals surface area contributed by atoms with Crippen molar-refractivity contribution in [2.45, 2.75) is 0 Å². The molecule has 2 aromatic carbocycles. The first-order valence-corrected chi connectivity index (χ1v) is 7.76. The maximum atomic E-state index is 12.0. The number of carbonyl (C=O) groups is 1. The minimum absolute atomic E-state index is 0.0858. The topological polar surface area (TPSA) is 59.6 Å².